The lowest BCUT2D eigenvalue weighted by atomic mass is 10.0. The van der Waals surface area contributed by atoms with Gasteiger partial charge in [-0.15, -0.1) is 5.10 Å². The van der Waals surface area contributed by atoms with Gasteiger partial charge in [0.05, 0.1) is 11.7 Å². The average molecular weight is 377 g/mol. The van der Waals surface area contributed by atoms with E-state index in [4.69, 9.17) is 4.98 Å². The lowest BCUT2D eigenvalue weighted by molar-refractivity contribution is 0.387. The third kappa shape index (κ3) is 3.46. The van der Waals surface area contributed by atoms with Gasteiger partial charge in [0.25, 0.3) is 0 Å². The topological polar surface area (TPSA) is 82.6 Å². The number of benzene rings is 1. The zero-order valence-electron chi connectivity index (χ0n) is 16.5. The van der Waals surface area contributed by atoms with Crippen LogP contribution in [-0.2, 0) is 0 Å². The van der Waals surface area contributed by atoms with Gasteiger partial charge in [-0.2, -0.15) is 10.2 Å². The molecular weight excluding hydrogens is 350 g/mol. The molecular formula is C21H27N7. The third-order valence-electron chi connectivity index (χ3n) is 5.71. The molecule has 0 bridgehead atoms. The Morgan fingerprint density at radius 2 is 2.14 bits per heavy atom. The summed E-state index contributed by atoms with van der Waals surface area (Å²) in [6, 6.07) is 6.75. The molecule has 2 aliphatic rings. The molecule has 0 spiro atoms. The third-order valence-corrected chi connectivity index (χ3v) is 5.71. The summed E-state index contributed by atoms with van der Waals surface area (Å²) in [6.07, 6.45) is 5.45. The Morgan fingerprint density at radius 1 is 1.25 bits per heavy atom. The highest BCUT2D eigenvalue weighted by atomic mass is 15.3. The predicted octanol–water partition coefficient (Wildman–Crippen LogP) is 3.12. The standard InChI is InChI=1S/C21H27N7/c1-13(2)9-16-12-28(8-7-22-16)19-11-23-27-21(24-19)15-5-6-18-17(10-15)20(26-25-18)14-3-4-14/h5-6,10-11,13-14,16,22H,3-4,7-9,12H2,1-2H3,(H,25,26)/t16-/m0/s1. The van der Waals surface area contributed by atoms with Gasteiger partial charge in [-0.3, -0.25) is 5.10 Å². The molecule has 1 aromatic carbocycles. The minimum Gasteiger partial charge on any atom is -0.352 e. The average Bonchev–Trinajstić information content (AvgIpc) is 3.46. The molecule has 1 aliphatic carbocycles. The molecule has 28 heavy (non-hydrogen) atoms. The molecule has 7 heteroatoms. The van der Waals surface area contributed by atoms with Gasteiger partial charge in [-0.05, 0) is 43.4 Å². The van der Waals surface area contributed by atoms with E-state index in [-0.39, 0.29) is 0 Å². The van der Waals surface area contributed by atoms with E-state index in [1.807, 2.05) is 12.1 Å². The molecule has 0 radical (unpaired) electrons. The fourth-order valence-electron chi connectivity index (χ4n) is 4.18. The monoisotopic (exact) mass is 377 g/mol. The number of hydrogen-bond donors (Lipinski definition) is 2. The molecule has 1 atom stereocenters. The second-order valence-electron chi connectivity index (χ2n) is 8.51. The van der Waals surface area contributed by atoms with E-state index in [1.165, 1.54) is 30.3 Å². The normalized spacial score (nSPS) is 20.2. The Balaban J connectivity index is 1.42. The van der Waals surface area contributed by atoms with Gasteiger partial charge in [0.15, 0.2) is 11.6 Å². The highest BCUT2D eigenvalue weighted by Crippen LogP contribution is 2.42. The summed E-state index contributed by atoms with van der Waals surface area (Å²) >= 11 is 0. The zero-order valence-corrected chi connectivity index (χ0v) is 16.5. The summed E-state index contributed by atoms with van der Waals surface area (Å²) in [7, 11) is 0. The van der Waals surface area contributed by atoms with Crippen LogP contribution in [0.15, 0.2) is 24.4 Å². The van der Waals surface area contributed by atoms with E-state index in [1.54, 1.807) is 6.20 Å². The number of hydrogen-bond acceptors (Lipinski definition) is 6. The highest BCUT2D eigenvalue weighted by molar-refractivity contribution is 5.86. The first-order valence-electron chi connectivity index (χ1n) is 10.3. The maximum absolute atomic E-state index is 4.86. The van der Waals surface area contributed by atoms with Gasteiger partial charge in [0, 0.05) is 48.2 Å². The number of aromatic nitrogens is 5. The van der Waals surface area contributed by atoms with Crippen molar-refractivity contribution >= 4 is 16.7 Å². The summed E-state index contributed by atoms with van der Waals surface area (Å²) in [6.45, 7) is 7.42. The van der Waals surface area contributed by atoms with Crippen molar-refractivity contribution in [2.75, 3.05) is 24.5 Å². The SMILES string of the molecule is CC(C)C[C@H]1CN(c2cnnc(-c3ccc4n[nH]c(C5CC5)c4c3)n2)CCN1. The first-order chi connectivity index (χ1) is 13.7. The Hall–Kier alpha value is -2.54. The predicted molar refractivity (Wildman–Crippen MR) is 110 cm³/mol. The van der Waals surface area contributed by atoms with Crippen molar-refractivity contribution in [3.8, 4) is 11.4 Å². The quantitative estimate of drug-likeness (QED) is 0.711. The number of H-pyrrole nitrogens is 1. The van der Waals surface area contributed by atoms with Crippen LogP contribution in [0.4, 0.5) is 5.82 Å². The Kier molecular flexibility index (Phi) is 4.47. The summed E-state index contributed by atoms with van der Waals surface area (Å²) in [5, 5.41) is 21.0. The van der Waals surface area contributed by atoms with Gasteiger partial charge >= 0.3 is 0 Å². The number of nitrogens with one attached hydrogen (secondary N) is 2. The van der Waals surface area contributed by atoms with Crippen LogP contribution >= 0.6 is 0 Å². The van der Waals surface area contributed by atoms with E-state index in [0.29, 0.717) is 23.7 Å². The van der Waals surface area contributed by atoms with E-state index in [0.717, 1.165) is 36.5 Å². The molecule has 0 unspecified atom stereocenters. The molecule has 5 rings (SSSR count). The molecule has 1 saturated heterocycles. The molecule has 3 heterocycles. The Bertz CT molecular complexity index is 976. The van der Waals surface area contributed by atoms with Crippen molar-refractivity contribution in [3.63, 3.8) is 0 Å². The van der Waals surface area contributed by atoms with Crippen LogP contribution in [0.1, 0.15) is 44.7 Å². The molecule has 0 amide bonds. The Morgan fingerprint density at radius 3 is 2.96 bits per heavy atom. The minimum atomic E-state index is 0.496. The molecule has 2 fully saturated rings. The summed E-state index contributed by atoms with van der Waals surface area (Å²) in [4.78, 5) is 7.18. The molecule has 2 N–H and O–H groups in total. The van der Waals surface area contributed by atoms with Gasteiger partial charge in [0.2, 0.25) is 0 Å². The lowest BCUT2D eigenvalue weighted by Crippen LogP contribution is -2.51. The van der Waals surface area contributed by atoms with Gasteiger partial charge in [-0.25, -0.2) is 4.98 Å². The van der Waals surface area contributed by atoms with Crippen LogP contribution in [0, 0.1) is 5.92 Å². The molecule has 3 aromatic rings. The van der Waals surface area contributed by atoms with Crippen molar-refractivity contribution in [1.82, 2.24) is 30.7 Å². The fourth-order valence-corrected chi connectivity index (χ4v) is 4.18. The van der Waals surface area contributed by atoms with Crippen LogP contribution in [0.3, 0.4) is 0 Å². The second kappa shape index (κ2) is 7.13. The molecule has 1 saturated carbocycles. The largest absolute Gasteiger partial charge is 0.352 e. The molecule has 2 aromatic heterocycles. The first-order valence-corrected chi connectivity index (χ1v) is 10.3. The molecule has 1 aliphatic heterocycles. The highest BCUT2D eigenvalue weighted by Gasteiger charge is 2.27. The summed E-state index contributed by atoms with van der Waals surface area (Å²) < 4.78 is 0. The second-order valence-corrected chi connectivity index (χ2v) is 8.51. The maximum Gasteiger partial charge on any atom is 0.183 e. The van der Waals surface area contributed by atoms with Crippen LogP contribution < -0.4 is 10.2 Å². The van der Waals surface area contributed by atoms with E-state index < -0.39 is 0 Å². The van der Waals surface area contributed by atoms with Gasteiger partial charge in [0.1, 0.15) is 0 Å². The zero-order chi connectivity index (χ0) is 19.1. The van der Waals surface area contributed by atoms with Crippen LogP contribution in [0.2, 0.25) is 0 Å². The van der Waals surface area contributed by atoms with Gasteiger partial charge < -0.3 is 10.2 Å². The van der Waals surface area contributed by atoms with Crippen LogP contribution in [0.25, 0.3) is 22.3 Å². The summed E-state index contributed by atoms with van der Waals surface area (Å²) in [5.74, 6) is 2.90. The maximum atomic E-state index is 4.86. The van der Waals surface area contributed by atoms with E-state index in [9.17, 15) is 0 Å². The first kappa shape index (κ1) is 17.6. The van der Waals surface area contributed by atoms with Crippen molar-refractivity contribution in [2.45, 2.75) is 45.1 Å². The lowest BCUT2D eigenvalue weighted by Gasteiger charge is -2.35. The minimum absolute atomic E-state index is 0.496. The van der Waals surface area contributed by atoms with E-state index >= 15 is 0 Å². The number of rotatable bonds is 5. The number of anilines is 1. The summed E-state index contributed by atoms with van der Waals surface area (Å²) in [5.41, 5.74) is 3.26. The van der Waals surface area contributed by atoms with E-state index in [2.05, 4.69) is 50.5 Å². The van der Waals surface area contributed by atoms with Crippen molar-refractivity contribution in [1.29, 1.82) is 0 Å². The fraction of sp³-hybridized carbons (Fsp3) is 0.524. The van der Waals surface area contributed by atoms with Crippen molar-refractivity contribution in [3.05, 3.63) is 30.1 Å². The number of fused-ring (bicyclic) bond motifs is 1. The molecule has 146 valence electrons. The number of piperazine rings is 1. The number of aromatic amines is 1. The van der Waals surface area contributed by atoms with Crippen LogP contribution in [-0.4, -0.2) is 51.1 Å². The van der Waals surface area contributed by atoms with Crippen molar-refractivity contribution < 1.29 is 0 Å². The van der Waals surface area contributed by atoms with Crippen LogP contribution in [0.5, 0.6) is 0 Å². The van der Waals surface area contributed by atoms with Crippen molar-refractivity contribution in [2.24, 2.45) is 5.92 Å². The number of nitrogens with zero attached hydrogens (tertiary/aromatic N) is 5. The van der Waals surface area contributed by atoms with Gasteiger partial charge in [-0.1, -0.05) is 13.8 Å². The smallest absolute Gasteiger partial charge is 0.183 e. The molecule has 7 nitrogen and oxygen atoms in total. The Labute approximate surface area is 165 Å².